The van der Waals surface area contributed by atoms with E-state index in [1.165, 1.54) is 14.2 Å². The highest BCUT2D eigenvalue weighted by atomic mass is 35.5. The molecule has 0 spiro atoms. The molecule has 0 radical (unpaired) electrons. The lowest BCUT2D eigenvalue weighted by Gasteiger charge is -2.31. The van der Waals surface area contributed by atoms with Gasteiger partial charge in [0.2, 0.25) is 11.8 Å². The molecule has 0 aromatic heterocycles. The Morgan fingerprint density at radius 1 is 1.21 bits per heavy atom. The van der Waals surface area contributed by atoms with Crippen molar-refractivity contribution in [3.05, 3.63) is 69.7 Å². The van der Waals surface area contributed by atoms with Gasteiger partial charge in [-0.25, -0.2) is 0 Å². The number of hydrogen-bond donors (Lipinski definition) is 2. The third-order valence-corrected chi connectivity index (χ3v) is 6.17. The van der Waals surface area contributed by atoms with Crippen LogP contribution in [0.3, 0.4) is 0 Å². The second-order valence-corrected chi connectivity index (χ2v) is 8.36. The van der Waals surface area contributed by atoms with Gasteiger partial charge in [0.05, 0.1) is 36.6 Å². The van der Waals surface area contributed by atoms with Crippen LogP contribution >= 0.6 is 23.4 Å². The molecule has 3 rings (SSSR count). The smallest absolute Gasteiger partial charge is 0.319 e. The molecule has 0 aliphatic carbocycles. The number of methoxy groups -OCH3 is 2. The minimum absolute atomic E-state index is 0.0778. The second-order valence-electron chi connectivity index (χ2n) is 6.94. The van der Waals surface area contributed by atoms with Crippen LogP contribution in [0.4, 0.5) is 5.69 Å². The van der Waals surface area contributed by atoms with Crippen molar-refractivity contribution in [2.24, 2.45) is 5.92 Å². The average Bonchev–Trinajstić information content (AvgIpc) is 2.81. The van der Waals surface area contributed by atoms with E-state index in [1.807, 2.05) is 0 Å². The maximum absolute atomic E-state index is 12.8. The van der Waals surface area contributed by atoms with Gasteiger partial charge < -0.3 is 20.1 Å². The van der Waals surface area contributed by atoms with Crippen molar-refractivity contribution in [3.8, 4) is 11.8 Å². The summed E-state index contributed by atoms with van der Waals surface area (Å²) >= 11 is 6.93. The Morgan fingerprint density at radius 3 is 2.55 bits per heavy atom. The molecular formula is C23H20ClN3O5S. The van der Waals surface area contributed by atoms with Gasteiger partial charge in [-0.3, -0.25) is 14.4 Å². The normalized spacial score (nSPS) is 17.6. The number of esters is 1. The molecule has 2 aromatic carbocycles. The molecule has 2 amide bonds. The van der Waals surface area contributed by atoms with Gasteiger partial charge in [-0.15, -0.1) is 0 Å². The van der Waals surface area contributed by atoms with Gasteiger partial charge in [0.15, 0.2) is 0 Å². The lowest BCUT2D eigenvalue weighted by atomic mass is 9.78. The standard InChI is InChI=1S/C23H20ClN3O5S/c1-31-16-8-6-13(7-9-16)19-17(11-25)22(27-21(29)20(19)23(30)32-2)33-12-18(28)26-15-5-3-4-14(24)10-15/h3-10,19-20H,12H2,1-2H3,(H,26,28)(H,27,29). The van der Waals surface area contributed by atoms with Crippen LogP contribution in [0.25, 0.3) is 0 Å². The fourth-order valence-electron chi connectivity index (χ4n) is 3.39. The zero-order chi connectivity index (χ0) is 24.0. The van der Waals surface area contributed by atoms with E-state index in [0.717, 1.165) is 11.8 Å². The van der Waals surface area contributed by atoms with Gasteiger partial charge in [-0.05, 0) is 35.9 Å². The monoisotopic (exact) mass is 485 g/mol. The van der Waals surface area contributed by atoms with Crippen LogP contribution in [0.15, 0.2) is 59.1 Å². The summed E-state index contributed by atoms with van der Waals surface area (Å²) in [4.78, 5) is 37.7. The van der Waals surface area contributed by atoms with Crippen molar-refractivity contribution in [2.45, 2.75) is 5.92 Å². The number of halogens is 1. The number of carbonyl (C=O) groups is 3. The Bertz CT molecular complexity index is 1140. The van der Waals surface area contributed by atoms with Gasteiger partial charge in [0, 0.05) is 16.6 Å². The van der Waals surface area contributed by atoms with E-state index in [4.69, 9.17) is 21.1 Å². The number of hydrogen-bond acceptors (Lipinski definition) is 7. The van der Waals surface area contributed by atoms with E-state index in [-0.39, 0.29) is 22.3 Å². The minimum Gasteiger partial charge on any atom is -0.497 e. The van der Waals surface area contributed by atoms with Crippen molar-refractivity contribution in [1.29, 1.82) is 5.26 Å². The largest absolute Gasteiger partial charge is 0.497 e. The third-order valence-electron chi connectivity index (χ3n) is 4.91. The number of allylic oxidation sites excluding steroid dienone is 1. The SMILES string of the molecule is COC(=O)C1C(=O)NC(SCC(=O)Nc2cccc(Cl)c2)=C(C#N)C1c1ccc(OC)cc1. The summed E-state index contributed by atoms with van der Waals surface area (Å²) in [6, 6.07) is 15.5. The van der Waals surface area contributed by atoms with Crippen molar-refractivity contribution in [1.82, 2.24) is 5.32 Å². The molecule has 33 heavy (non-hydrogen) atoms. The number of amides is 2. The molecule has 1 aliphatic heterocycles. The summed E-state index contributed by atoms with van der Waals surface area (Å²) in [7, 11) is 2.70. The van der Waals surface area contributed by atoms with Gasteiger partial charge in [0.1, 0.15) is 11.7 Å². The molecule has 2 aromatic rings. The van der Waals surface area contributed by atoms with Crippen molar-refractivity contribution in [3.63, 3.8) is 0 Å². The first-order chi connectivity index (χ1) is 15.9. The molecule has 1 heterocycles. The van der Waals surface area contributed by atoms with Gasteiger partial charge in [-0.2, -0.15) is 5.26 Å². The predicted octanol–water partition coefficient (Wildman–Crippen LogP) is 3.46. The van der Waals surface area contributed by atoms with E-state index in [9.17, 15) is 19.6 Å². The predicted molar refractivity (Wildman–Crippen MR) is 125 cm³/mol. The number of nitrogens with one attached hydrogen (secondary N) is 2. The molecule has 10 heteroatoms. The third kappa shape index (κ3) is 5.66. The summed E-state index contributed by atoms with van der Waals surface area (Å²) in [5.74, 6) is -3.33. The van der Waals surface area contributed by atoms with Crippen LogP contribution in [-0.4, -0.2) is 37.8 Å². The molecule has 8 nitrogen and oxygen atoms in total. The Balaban J connectivity index is 1.89. The molecule has 1 aliphatic rings. The Kier molecular flexibility index (Phi) is 7.98. The van der Waals surface area contributed by atoms with Crippen LogP contribution in [0, 0.1) is 17.2 Å². The molecule has 170 valence electrons. The number of ether oxygens (including phenoxy) is 2. The number of benzene rings is 2. The zero-order valence-corrected chi connectivity index (χ0v) is 19.3. The van der Waals surface area contributed by atoms with Gasteiger partial charge in [0.25, 0.3) is 0 Å². The summed E-state index contributed by atoms with van der Waals surface area (Å²) in [6.07, 6.45) is 0. The maximum atomic E-state index is 12.8. The van der Waals surface area contributed by atoms with E-state index < -0.39 is 23.7 Å². The molecule has 0 saturated carbocycles. The molecule has 2 N–H and O–H groups in total. The second kappa shape index (κ2) is 10.9. The minimum atomic E-state index is -1.25. The van der Waals surface area contributed by atoms with Crippen molar-refractivity contribution >= 4 is 46.8 Å². The molecule has 2 atom stereocenters. The topological polar surface area (TPSA) is 118 Å². The number of anilines is 1. The van der Waals surface area contributed by atoms with Crippen LogP contribution in [-0.2, 0) is 19.1 Å². The summed E-state index contributed by atoms with van der Waals surface area (Å²) in [5.41, 5.74) is 1.26. The fraction of sp³-hybridized carbons (Fsp3) is 0.217. The molecule has 0 bridgehead atoms. The average molecular weight is 486 g/mol. The lowest BCUT2D eigenvalue weighted by Crippen LogP contribution is -2.44. The number of carbonyl (C=O) groups excluding carboxylic acids is 3. The van der Waals surface area contributed by atoms with E-state index in [0.29, 0.717) is 22.0 Å². The van der Waals surface area contributed by atoms with Crippen LogP contribution in [0.5, 0.6) is 5.75 Å². The molecule has 0 saturated heterocycles. The molecule has 2 unspecified atom stereocenters. The first-order valence-electron chi connectivity index (χ1n) is 9.73. The van der Waals surface area contributed by atoms with Crippen LogP contribution in [0.1, 0.15) is 11.5 Å². The van der Waals surface area contributed by atoms with Crippen molar-refractivity contribution < 1.29 is 23.9 Å². The number of nitrogens with zero attached hydrogens (tertiary/aromatic N) is 1. The number of nitriles is 1. The first kappa shape index (κ1) is 24.2. The van der Waals surface area contributed by atoms with E-state index >= 15 is 0 Å². The molecular weight excluding hydrogens is 466 g/mol. The molecule has 0 fully saturated rings. The Hall–Kier alpha value is -3.48. The lowest BCUT2D eigenvalue weighted by molar-refractivity contribution is -0.150. The number of rotatable bonds is 7. The fourth-order valence-corrected chi connectivity index (χ4v) is 4.43. The first-order valence-corrected chi connectivity index (χ1v) is 11.1. The summed E-state index contributed by atoms with van der Waals surface area (Å²) in [6.45, 7) is 0. The highest BCUT2D eigenvalue weighted by molar-refractivity contribution is 8.03. The van der Waals surface area contributed by atoms with Crippen LogP contribution in [0.2, 0.25) is 5.02 Å². The van der Waals surface area contributed by atoms with Gasteiger partial charge in [-0.1, -0.05) is 41.6 Å². The Labute approximate surface area is 199 Å². The zero-order valence-electron chi connectivity index (χ0n) is 17.8. The highest BCUT2D eigenvalue weighted by Gasteiger charge is 2.44. The maximum Gasteiger partial charge on any atom is 0.319 e. The van der Waals surface area contributed by atoms with E-state index in [1.54, 1.807) is 48.5 Å². The summed E-state index contributed by atoms with van der Waals surface area (Å²) in [5, 5.41) is 15.9. The van der Waals surface area contributed by atoms with Crippen molar-refractivity contribution in [2.75, 3.05) is 25.3 Å². The van der Waals surface area contributed by atoms with Crippen LogP contribution < -0.4 is 15.4 Å². The number of thioether (sulfide) groups is 1. The van der Waals surface area contributed by atoms with Gasteiger partial charge >= 0.3 is 5.97 Å². The Morgan fingerprint density at radius 2 is 1.94 bits per heavy atom. The van der Waals surface area contributed by atoms with E-state index in [2.05, 4.69) is 16.7 Å². The quantitative estimate of drug-likeness (QED) is 0.455. The summed E-state index contributed by atoms with van der Waals surface area (Å²) < 4.78 is 9.98. The highest BCUT2D eigenvalue weighted by Crippen LogP contribution is 2.40.